The SMILES string of the molecule is Cc1cc([N+](=O)[O-])c(Cl)cc1NCc1ncc(Br)cc1Br. The standard InChI is InChI=1S/C13H10Br2ClN3O2/c1-7-2-13(19(20)21)10(16)4-11(7)18-6-12-9(15)3-8(14)5-17-12/h2-5,18H,6H2,1H3. The monoisotopic (exact) mass is 433 g/mol. The highest BCUT2D eigenvalue weighted by Crippen LogP contribution is 2.31. The number of nitro groups is 1. The van der Waals surface area contributed by atoms with Gasteiger partial charge in [-0.1, -0.05) is 11.6 Å². The number of rotatable bonds is 4. The van der Waals surface area contributed by atoms with E-state index in [9.17, 15) is 10.1 Å². The van der Waals surface area contributed by atoms with Gasteiger partial charge in [-0.15, -0.1) is 0 Å². The molecule has 1 N–H and O–H groups in total. The Hall–Kier alpha value is -1.18. The molecule has 110 valence electrons. The number of anilines is 1. The molecule has 2 aromatic rings. The zero-order valence-electron chi connectivity index (χ0n) is 10.9. The van der Waals surface area contributed by atoms with Crippen molar-refractivity contribution in [2.45, 2.75) is 13.5 Å². The van der Waals surface area contributed by atoms with Crippen molar-refractivity contribution in [2.75, 3.05) is 5.32 Å². The molecule has 0 fully saturated rings. The first kappa shape index (κ1) is 16.2. The van der Waals surface area contributed by atoms with E-state index < -0.39 is 4.92 Å². The summed E-state index contributed by atoms with van der Waals surface area (Å²) in [7, 11) is 0. The van der Waals surface area contributed by atoms with Crippen LogP contribution in [0.15, 0.2) is 33.3 Å². The fourth-order valence-corrected chi connectivity index (χ4v) is 3.11. The van der Waals surface area contributed by atoms with Gasteiger partial charge in [-0.3, -0.25) is 15.1 Å². The zero-order valence-corrected chi connectivity index (χ0v) is 14.8. The molecule has 0 aliphatic rings. The Labute approximate surface area is 143 Å². The van der Waals surface area contributed by atoms with Gasteiger partial charge >= 0.3 is 0 Å². The normalized spacial score (nSPS) is 10.5. The first-order chi connectivity index (χ1) is 9.88. The number of hydrogen-bond donors (Lipinski definition) is 1. The van der Waals surface area contributed by atoms with E-state index in [1.807, 2.05) is 6.07 Å². The van der Waals surface area contributed by atoms with Crippen LogP contribution < -0.4 is 5.32 Å². The van der Waals surface area contributed by atoms with Gasteiger partial charge in [0.15, 0.2) is 0 Å². The van der Waals surface area contributed by atoms with Crippen LogP contribution in [0, 0.1) is 17.0 Å². The molecule has 0 saturated carbocycles. The van der Waals surface area contributed by atoms with E-state index in [0.717, 1.165) is 25.9 Å². The van der Waals surface area contributed by atoms with E-state index in [1.165, 1.54) is 6.07 Å². The fraction of sp³-hybridized carbons (Fsp3) is 0.154. The second-order valence-corrected chi connectivity index (χ2v) is 6.49. The molecule has 1 aromatic carbocycles. The summed E-state index contributed by atoms with van der Waals surface area (Å²) >= 11 is 12.7. The Morgan fingerprint density at radius 2 is 2.10 bits per heavy atom. The van der Waals surface area contributed by atoms with Gasteiger partial charge in [-0.05, 0) is 56.5 Å². The van der Waals surface area contributed by atoms with Gasteiger partial charge in [-0.25, -0.2) is 0 Å². The molecule has 0 spiro atoms. The summed E-state index contributed by atoms with van der Waals surface area (Å²) in [6.45, 7) is 2.26. The minimum absolute atomic E-state index is 0.0948. The summed E-state index contributed by atoms with van der Waals surface area (Å²) in [6, 6.07) is 4.91. The number of aromatic nitrogens is 1. The number of benzene rings is 1. The van der Waals surface area contributed by atoms with Gasteiger partial charge in [0.1, 0.15) is 5.02 Å². The summed E-state index contributed by atoms with van der Waals surface area (Å²) in [5, 5.41) is 14.1. The topological polar surface area (TPSA) is 68.1 Å². The highest BCUT2D eigenvalue weighted by Gasteiger charge is 2.15. The van der Waals surface area contributed by atoms with Crippen LogP contribution in [-0.2, 0) is 6.54 Å². The van der Waals surface area contributed by atoms with Crippen LogP contribution >= 0.6 is 43.5 Å². The van der Waals surface area contributed by atoms with Gasteiger partial charge < -0.3 is 5.32 Å². The molecule has 5 nitrogen and oxygen atoms in total. The van der Waals surface area contributed by atoms with E-state index in [-0.39, 0.29) is 10.7 Å². The maximum atomic E-state index is 10.8. The van der Waals surface area contributed by atoms with Crippen molar-refractivity contribution in [1.82, 2.24) is 4.98 Å². The first-order valence-electron chi connectivity index (χ1n) is 5.87. The van der Waals surface area contributed by atoms with Crippen LogP contribution in [0.4, 0.5) is 11.4 Å². The third kappa shape index (κ3) is 3.93. The fourth-order valence-electron chi connectivity index (χ4n) is 1.75. The van der Waals surface area contributed by atoms with Crippen LogP contribution in [0.5, 0.6) is 0 Å². The van der Waals surface area contributed by atoms with Crippen molar-refractivity contribution in [3.63, 3.8) is 0 Å². The molecule has 0 unspecified atom stereocenters. The summed E-state index contributed by atoms with van der Waals surface area (Å²) in [4.78, 5) is 14.6. The van der Waals surface area contributed by atoms with Crippen molar-refractivity contribution in [3.05, 3.63) is 59.7 Å². The Balaban J connectivity index is 2.20. The Morgan fingerprint density at radius 3 is 2.71 bits per heavy atom. The molecule has 0 atom stereocenters. The van der Waals surface area contributed by atoms with Gasteiger partial charge in [0.05, 0.1) is 17.2 Å². The van der Waals surface area contributed by atoms with Crippen LogP contribution in [0.3, 0.4) is 0 Å². The highest BCUT2D eigenvalue weighted by molar-refractivity contribution is 9.11. The van der Waals surface area contributed by atoms with Gasteiger partial charge in [-0.2, -0.15) is 0 Å². The summed E-state index contributed by atoms with van der Waals surface area (Å²) in [5.74, 6) is 0. The molecule has 0 bridgehead atoms. The number of hydrogen-bond acceptors (Lipinski definition) is 4. The van der Waals surface area contributed by atoms with Crippen LogP contribution in [-0.4, -0.2) is 9.91 Å². The molecule has 0 aliphatic carbocycles. The van der Waals surface area contributed by atoms with Gasteiger partial charge in [0.25, 0.3) is 5.69 Å². The van der Waals surface area contributed by atoms with E-state index >= 15 is 0 Å². The average Bonchev–Trinajstić information content (AvgIpc) is 2.40. The van der Waals surface area contributed by atoms with Crippen LogP contribution in [0.25, 0.3) is 0 Å². The average molecular weight is 436 g/mol. The minimum Gasteiger partial charge on any atom is -0.379 e. The third-order valence-electron chi connectivity index (χ3n) is 2.82. The summed E-state index contributed by atoms with van der Waals surface area (Å²) < 4.78 is 1.75. The van der Waals surface area contributed by atoms with E-state index in [0.29, 0.717) is 6.54 Å². The van der Waals surface area contributed by atoms with E-state index in [2.05, 4.69) is 42.2 Å². The molecule has 0 radical (unpaired) electrons. The number of aryl methyl sites for hydroxylation is 1. The van der Waals surface area contributed by atoms with E-state index in [4.69, 9.17) is 11.6 Å². The number of nitro benzene ring substituents is 1. The van der Waals surface area contributed by atoms with Crippen molar-refractivity contribution in [1.29, 1.82) is 0 Å². The molecular weight excluding hydrogens is 425 g/mol. The predicted octanol–water partition coefficient (Wildman–Crippen LogP) is 5.09. The molecule has 0 amide bonds. The molecule has 1 heterocycles. The number of nitrogens with one attached hydrogen (secondary N) is 1. The van der Waals surface area contributed by atoms with Gasteiger partial charge in [0.2, 0.25) is 0 Å². The Morgan fingerprint density at radius 1 is 1.38 bits per heavy atom. The minimum atomic E-state index is -0.494. The second-order valence-electron chi connectivity index (χ2n) is 4.31. The van der Waals surface area contributed by atoms with Crippen LogP contribution in [0.1, 0.15) is 11.3 Å². The molecule has 1 aromatic heterocycles. The van der Waals surface area contributed by atoms with Crippen molar-refractivity contribution in [3.8, 4) is 0 Å². The number of nitrogens with zero attached hydrogens (tertiary/aromatic N) is 2. The van der Waals surface area contributed by atoms with Crippen LogP contribution in [0.2, 0.25) is 5.02 Å². The van der Waals surface area contributed by atoms with Crippen molar-refractivity contribution < 1.29 is 4.92 Å². The Bertz CT molecular complexity index is 710. The predicted molar refractivity (Wildman–Crippen MR) is 89.8 cm³/mol. The summed E-state index contributed by atoms with van der Waals surface area (Å²) in [6.07, 6.45) is 1.71. The lowest BCUT2D eigenvalue weighted by atomic mass is 10.1. The zero-order chi connectivity index (χ0) is 15.6. The molecule has 2 rings (SSSR count). The molecule has 8 heteroatoms. The smallest absolute Gasteiger partial charge is 0.288 e. The molecule has 21 heavy (non-hydrogen) atoms. The quantitative estimate of drug-likeness (QED) is 0.537. The lowest BCUT2D eigenvalue weighted by Crippen LogP contribution is -2.04. The largest absolute Gasteiger partial charge is 0.379 e. The van der Waals surface area contributed by atoms with Gasteiger partial charge in [0, 0.05) is 26.9 Å². The summed E-state index contributed by atoms with van der Waals surface area (Å²) in [5.41, 5.74) is 2.22. The maximum absolute atomic E-state index is 10.8. The molecular formula is C13H10Br2ClN3O2. The third-order valence-corrected chi connectivity index (χ3v) is 4.24. The van der Waals surface area contributed by atoms with E-state index in [1.54, 1.807) is 19.2 Å². The maximum Gasteiger partial charge on any atom is 0.288 e. The number of halogens is 3. The van der Waals surface area contributed by atoms with Crippen molar-refractivity contribution in [2.24, 2.45) is 0 Å². The highest BCUT2D eigenvalue weighted by atomic mass is 79.9. The molecule has 0 saturated heterocycles. The second kappa shape index (κ2) is 6.72. The Kier molecular flexibility index (Phi) is 5.18. The molecule has 0 aliphatic heterocycles. The lowest BCUT2D eigenvalue weighted by Gasteiger charge is -2.11. The lowest BCUT2D eigenvalue weighted by molar-refractivity contribution is -0.384. The van der Waals surface area contributed by atoms with Crippen molar-refractivity contribution >= 4 is 54.8 Å². The first-order valence-corrected chi connectivity index (χ1v) is 7.83. The number of pyridine rings is 1.